The number of amides is 1. The molecule has 2 fully saturated rings. The van der Waals surface area contributed by atoms with E-state index in [1.165, 1.54) is 12.3 Å². The van der Waals surface area contributed by atoms with Crippen LogP contribution < -0.4 is 4.90 Å². The summed E-state index contributed by atoms with van der Waals surface area (Å²) in [4.78, 5) is 18.4. The number of sulfone groups is 1. The summed E-state index contributed by atoms with van der Waals surface area (Å²) in [6.07, 6.45) is -0.317. The van der Waals surface area contributed by atoms with Gasteiger partial charge in [0.05, 0.1) is 10.5 Å². The Kier molecular flexibility index (Phi) is 6.74. The monoisotopic (exact) mass is 496 g/mol. The molecule has 0 N–H and O–H groups in total. The number of rotatable bonds is 6. The summed E-state index contributed by atoms with van der Waals surface area (Å²) in [6.45, 7) is 2.59. The molecule has 0 bridgehead atoms. The first-order chi connectivity index (χ1) is 16.1. The summed E-state index contributed by atoms with van der Waals surface area (Å²) in [6, 6.07) is 7.08. The number of hydrogen-bond donors (Lipinski definition) is 0. The van der Waals surface area contributed by atoms with E-state index in [1.807, 2.05) is 6.92 Å². The van der Waals surface area contributed by atoms with Crippen LogP contribution in [0.3, 0.4) is 0 Å². The second-order valence-electron chi connectivity index (χ2n) is 8.75. The van der Waals surface area contributed by atoms with E-state index < -0.39 is 26.3 Å². The summed E-state index contributed by atoms with van der Waals surface area (Å²) in [5, 5.41) is 0. The van der Waals surface area contributed by atoms with Crippen LogP contribution in [0.1, 0.15) is 50.2 Å². The van der Waals surface area contributed by atoms with E-state index >= 15 is 0 Å². The third-order valence-electron chi connectivity index (χ3n) is 6.87. The SMILES string of the molecule is CCN(C(=O)C1CCC1)c1ccc(C2(S(=O)(=O)c3cccc(C(F)(F)F)c3)CCOCC2)cn1. The molecule has 0 atom stereocenters. The van der Waals surface area contributed by atoms with Crippen molar-refractivity contribution in [1.82, 2.24) is 4.98 Å². The molecule has 2 heterocycles. The summed E-state index contributed by atoms with van der Waals surface area (Å²) in [5.41, 5.74) is -0.638. The lowest BCUT2D eigenvalue weighted by Gasteiger charge is -2.37. The first kappa shape index (κ1) is 24.7. The molecule has 1 aromatic heterocycles. The number of ether oxygens (including phenoxy) is 1. The van der Waals surface area contributed by atoms with Crippen molar-refractivity contribution in [2.24, 2.45) is 5.92 Å². The van der Waals surface area contributed by atoms with Crippen molar-refractivity contribution in [3.05, 3.63) is 53.7 Å². The van der Waals surface area contributed by atoms with Gasteiger partial charge in [-0.3, -0.25) is 9.69 Å². The smallest absolute Gasteiger partial charge is 0.381 e. The molecule has 2 aliphatic rings. The quantitative estimate of drug-likeness (QED) is 0.578. The van der Waals surface area contributed by atoms with Gasteiger partial charge in [0.1, 0.15) is 10.6 Å². The minimum Gasteiger partial charge on any atom is -0.381 e. The largest absolute Gasteiger partial charge is 0.416 e. The van der Waals surface area contributed by atoms with Crippen LogP contribution in [0.25, 0.3) is 0 Å². The van der Waals surface area contributed by atoms with Crippen molar-refractivity contribution in [3.8, 4) is 0 Å². The van der Waals surface area contributed by atoms with E-state index in [9.17, 15) is 26.4 Å². The zero-order valence-electron chi connectivity index (χ0n) is 18.8. The van der Waals surface area contributed by atoms with Gasteiger partial charge < -0.3 is 4.74 Å². The minimum absolute atomic E-state index is 0.00590. The zero-order chi connectivity index (χ0) is 24.6. The van der Waals surface area contributed by atoms with Crippen LogP contribution in [-0.2, 0) is 30.3 Å². The van der Waals surface area contributed by atoms with E-state index in [0.29, 0.717) is 24.0 Å². The van der Waals surface area contributed by atoms with Crippen LogP contribution in [-0.4, -0.2) is 39.1 Å². The van der Waals surface area contributed by atoms with Gasteiger partial charge in [0.15, 0.2) is 9.84 Å². The van der Waals surface area contributed by atoms with Gasteiger partial charge in [-0.25, -0.2) is 13.4 Å². The van der Waals surface area contributed by atoms with Crippen molar-refractivity contribution in [2.75, 3.05) is 24.7 Å². The number of aromatic nitrogens is 1. The number of pyridine rings is 1. The van der Waals surface area contributed by atoms with Gasteiger partial charge in [-0.1, -0.05) is 18.6 Å². The lowest BCUT2D eigenvalue weighted by atomic mass is 9.84. The van der Waals surface area contributed by atoms with E-state index in [4.69, 9.17) is 4.74 Å². The van der Waals surface area contributed by atoms with Gasteiger partial charge in [0.2, 0.25) is 5.91 Å². The minimum atomic E-state index is -4.66. The average Bonchev–Trinajstić information content (AvgIpc) is 2.79. The van der Waals surface area contributed by atoms with Gasteiger partial charge >= 0.3 is 6.18 Å². The number of alkyl halides is 3. The molecule has 1 saturated heterocycles. The molecule has 0 radical (unpaired) electrons. The number of hydrogen-bond acceptors (Lipinski definition) is 5. The molecule has 184 valence electrons. The van der Waals surface area contributed by atoms with Crippen molar-refractivity contribution in [1.29, 1.82) is 0 Å². The maximum atomic E-state index is 13.8. The van der Waals surface area contributed by atoms with Crippen LogP contribution in [0.15, 0.2) is 47.5 Å². The third kappa shape index (κ3) is 4.33. The summed E-state index contributed by atoms with van der Waals surface area (Å²) < 4.78 is 71.3. The Hall–Kier alpha value is -2.46. The number of benzene rings is 1. The highest BCUT2D eigenvalue weighted by Gasteiger charge is 2.48. The number of nitrogens with zero attached hydrogens (tertiary/aromatic N) is 2. The molecule has 1 saturated carbocycles. The van der Waals surface area contributed by atoms with Crippen molar-refractivity contribution < 1.29 is 31.1 Å². The van der Waals surface area contributed by atoms with Crippen molar-refractivity contribution >= 4 is 21.6 Å². The fraction of sp³-hybridized carbons (Fsp3) is 0.500. The molecule has 1 amide bonds. The molecule has 1 aromatic carbocycles. The predicted octanol–water partition coefficient (Wildman–Crippen LogP) is 4.73. The summed E-state index contributed by atoms with van der Waals surface area (Å²) in [7, 11) is -4.22. The Morgan fingerprint density at radius 1 is 1.18 bits per heavy atom. The lowest BCUT2D eigenvalue weighted by Crippen LogP contribution is -2.42. The Bertz CT molecular complexity index is 1140. The lowest BCUT2D eigenvalue weighted by molar-refractivity contribution is -0.137. The fourth-order valence-electron chi connectivity index (χ4n) is 4.60. The third-order valence-corrected chi connectivity index (χ3v) is 9.42. The second-order valence-corrected chi connectivity index (χ2v) is 11.0. The topological polar surface area (TPSA) is 76.6 Å². The standard InChI is InChI=1S/C24H27F3N2O4S/c1-2-29(22(30)17-5-3-6-17)21-10-9-19(16-28-21)23(11-13-33-14-12-23)34(31,32)20-8-4-7-18(15-20)24(25,26)27/h4,7-10,15-17H,2-3,5-6,11-14H2,1H3. The highest BCUT2D eigenvalue weighted by molar-refractivity contribution is 7.92. The molecule has 10 heteroatoms. The van der Waals surface area contributed by atoms with Gasteiger partial charge in [0.25, 0.3) is 0 Å². The number of carbonyl (C=O) groups is 1. The van der Waals surface area contributed by atoms with Gasteiger partial charge in [-0.05, 0) is 62.4 Å². The van der Waals surface area contributed by atoms with E-state index in [-0.39, 0.29) is 42.8 Å². The van der Waals surface area contributed by atoms with Crippen LogP contribution in [0.2, 0.25) is 0 Å². The molecule has 1 aliphatic carbocycles. The molecular weight excluding hydrogens is 469 g/mol. The molecule has 34 heavy (non-hydrogen) atoms. The average molecular weight is 497 g/mol. The highest BCUT2D eigenvalue weighted by Crippen LogP contribution is 2.44. The normalized spacial score (nSPS) is 18.8. The molecular formula is C24H27F3N2O4S. The molecule has 6 nitrogen and oxygen atoms in total. The Morgan fingerprint density at radius 2 is 1.88 bits per heavy atom. The molecule has 1 aliphatic heterocycles. The maximum Gasteiger partial charge on any atom is 0.416 e. The number of halogens is 3. The van der Waals surface area contributed by atoms with Gasteiger partial charge in [0, 0.05) is 31.9 Å². The predicted molar refractivity (Wildman–Crippen MR) is 120 cm³/mol. The Labute approximate surface area is 197 Å². The summed E-state index contributed by atoms with van der Waals surface area (Å²) in [5.74, 6) is 0.428. The van der Waals surface area contributed by atoms with E-state index in [2.05, 4.69) is 4.98 Å². The molecule has 0 spiro atoms. The first-order valence-electron chi connectivity index (χ1n) is 11.4. The van der Waals surface area contributed by atoms with Gasteiger partial charge in [-0.2, -0.15) is 13.2 Å². The first-order valence-corrected chi connectivity index (χ1v) is 12.9. The maximum absolute atomic E-state index is 13.8. The van der Waals surface area contributed by atoms with Crippen LogP contribution in [0, 0.1) is 5.92 Å². The van der Waals surface area contributed by atoms with Crippen molar-refractivity contribution in [2.45, 2.75) is 54.8 Å². The molecule has 2 aromatic rings. The van der Waals surface area contributed by atoms with Crippen molar-refractivity contribution in [3.63, 3.8) is 0 Å². The second kappa shape index (κ2) is 9.30. The molecule has 0 unspecified atom stereocenters. The van der Waals surface area contributed by atoms with Crippen LogP contribution >= 0.6 is 0 Å². The van der Waals surface area contributed by atoms with Crippen LogP contribution in [0.4, 0.5) is 19.0 Å². The summed E-state index contributed by atoms with van der Waals surface area (Å²) >= 11 is 0. The van der Waals surface area contributed by atoms with Crippen LogP contribution in [0.5, 0.6) is 0 Å². The number of anilines is 1. The van der Waals surface area contributed by atoms with E-state index in [0.717, 1.165) is 31.4 Å². The fourth-order valence-corrected chi connectivity index (χ4v) is 6.73. The van der Waals surface area contributed by atoms with Gasteiger partial charge in [-0.15, -0.1) is 0 Å². The Balaban J connectivity index is 1.72. The molecule has 4 rings (SSSR count). The Morgan fingerprint density at radius 3 is 2.41 bits per heavy atom. The number of carbonyl (C=O) groups excluding carboxylic acids is 1. The zero-order valence-corrected chi connectivity index (χ0v) is 19.7. The van der Waals surface area contributed by atoms with E-state index in [1.54, 1.807) is 17.0 Å². The highest BCUT2D eigenvalue weighted by atomic mass is 32.2.